The fraction of sp³-hybridized carbons (Fsp3) is 1.00. The molecular weight excluding hydrogens is 204 g/mol. The van der Waals surface area contributed by atoms with Crippen LogP contribution >= 0.6 is 0 Å². The average molecular weight is 230 g/mol. The van der Waals surface area contributed by atoms with Gasteiger partial charge in [0, 0.05) is 59.2 Å². The quantitative estimate of drug-likeness (QED) is 0.592. The Morgan fingerprint density at radius 3 is 2.44 bits per heavy atom. The highest BCUT2D eigenvalue weighted by molar-refractivity contribution is 4.66. The molecule has 1 heterocycles. The zero-order chi connectivity index (χ0) is 11.5. The molecule has 1 rings (SSSR count). The Bertz CT molecular complexity index is 150. The first-order chi connectivity index (χ1) is 7.93. The van der Waals surface area contributed by atoms with Gasteiger partial charge in [-0.3, -0.25) is 0 Å². The summed E-state index contributed by atoms with van der Waals surface area (Å²) in [6.45, 7) is 11.2. The molecule has 0 aromatic rings. The van der Waals surface area contributed by atoms with E-state index in [-0.39, 0.29) is 0 Å². The first-order valence-electron chi connectivity index (χ1n) is 6.52. The molecular formula is C12H26N2O2. The second-order valence-electron chi connectivity index (χ2n) is 4.11. The van der Waals surface area contributed by atoms with Gasteiger partial charge in [-0.1, -0.05) is 0 Å². The molecule has 1 N–H and O–H groups in total. The van der Waals surface area contributed by atoms with Gasteiger partial charge in [0.25, 0.3) is 0 Å². The smallest absolute Gasteiger partial charge is 0.0487 e. The van der Waals surface area contributed by atoms with Crippen molar-refractivity contribution < 1.29 is 9.47 Å². The van der Waals surface area contributed by atoms with E-state index in [0.29, 0.717) is 0 Å². The van der Waals surface area contributed by atoms with E-state index in [1.165, 1.54) is 19.6 Å². The van der Waals surface area contributed by atoms with Crippen molar-refractivity contribution in [2.24, 2.45) is 0 Å². The van der Waals surface area contributed by atoms with Crippen molar-refractivity contribution >= 4 is 0 Å². The number of hydrogen-bond donors (Lipinski definition) is 1. The summed E-state index contributed by atoms with van der Waals surface area (Å²) in [5, 5.41) is 3.36. The minimum Gasteiger partial charge on any atom is -0.382 e. The van der Waals surface area contributed by atoms with Gasteiger partial charge in [0.1, 0.15) is 0 Å². The lowest BCUT2D eigenvalue weighted by molar-refractivity contribution is 0.0818. The molecule has 0 radical (unpaired) electrons. The monoisotopic (exact) mass is 230 g/mol. The van der Waals surface area contributed by atoms with Crippen LogP contribution in [0.5, 0.6) is 0 Å². The number of ether oxygens (including phenoxy) is 2. The maximum absolute atomic E-state index is 5.55. The molecule has 96 valence electrons. The van der Waals surface area contributed by atoms with Gasteiger partial charge in [-0.2, -0.15) is 0 Å². The van der Waals surface area contributed by atoms with Gasteiger partial charge in [0.15, 0.2) is 0 Å². The largest absolute Gasteiger partial charge is 0.382 e. The van der Waals surface area contributed by atoms with Crippen LogP contribution in [0.4, 0.5) is 0 Å². The summed E-state index contributed by atoms with van der Waals surface area (Å²) < 4.78 is 10.8. The van der Waals surface area contributed by atoms with Gasteiger partial charge < -0.3 is 19.7 Å². The second kappa shape index (κ2) is 10.0. The van der Waals surface area contributed by atoms with E-state index >= 15 is 0 Å². The van der Waals surface area contributed by atoms with E-state index in [4.69, 9.17) is 9.47 Å². The molecule has 16 heavy (non-hydrogen) atoms. The fourth-order valence-corrected chi connectivity index (χ4v) is 1.83. The average Bonchev–Trinajstić information content (AvgIpc) is 2.34. The van der Waals surface area contributed by atoms with Crippen molar-refractivity contribution in [1.29, 1.82) is 0 Å². The lowest BCUT2D eigenvalue weighted by atomic mass is 10.3. The molecule has 1 saturated heterocycles. The third kappa shape index (κ3) is 7.17. The second-order valence-corrected chi connectivity index (χ2v) is 4.11. The van der Waals surface area contributed by atoms with Gasteiger partial charge in [0.05, 0.1) is 0 Å². The molecule has 0 aromatic heterocycles. The third-order valence-electron chi connectivity index (χ3n) is 2.75. The topological polar surface area (TPSA) is 33.7 Å². The molecule has 0 aliphatic carbocycles. The first-order valence-corrected chi connectivity index (χ1v) is 6.52. The zero-order valence-electron chi connectivity index (χ0n) is 10.5. The third-order valence-corrected chi connectivity index (χ3v) is 2.75. The van der Waals surface area contributed by atoms with Gasteiger partial charge in [0.2, 0.25) is 0 Å². The Labute approximate surface area is 99.3 Å². The van der Waals surface area contributed by atoms with Crippen LogP contribution in [0.25, 0.3) is 0 Å². The van der Waals surface area contributed by atoms with Crippen molar-refractivity contribution in [3.8, 4) is 0 Å². The molecule has 0 atom stereocenters. The first kappa shape index (κ1) is 13.9. The molecule has 0 unspecified atom stereocenters. The van der Waals surface area contributed by atoms with Gasteiger partial charge in [-0.05, 0) is 19.8 Å². The predicted molar refractivity (Wildman–Crippen MR) is 65.9 cm³/mol. The molecule has 1 fully saturated rings. The van der Waals surface area contributed by atoms with Gasteiger partial charge in [-0.15, -0.1) is 0 Å². The predicted octanol–water partition coefficient (Wildman–Crippen LogP) is 0.725. The van der Waals surface area contributed by atoms with Crippen LogP contribution in [0.2, 0.25) is 0 Å². The van der Waals surface area contributed by atoms with Crippen molar-refractivity contribution in [2.75, 3.05) is 59.2 Å². The van der Waals surface area contributed by atoms with Crippen LogP contribution in [0.15, 0.2) is 0 Å². The van der Waals surface area contributed by atoms with Crippen molar-refractivity contribution in [2.45, 2.75) is 19.8 Å². The molecule has 0 bridgehead atoms. The summed E-state index contributed by atoms with van der Waals surface area (Å²) in [4.78, 5) is 2.50. The Morgan fingerprint density at radius 2 is 1.69 bits per heavy atom. The molecule has 0 saturated carbocycles. The maximum atomic E-state index is 5.55. The van der Waals surface area contributed by atoms with E-state index in [1.807, 2.05) is 6.92 Å². The highest BCUT2D eigenvalue weighted by atomic mass is 16.5. The molecule has 0 aromatic carbocycles. The van der Waals surface area contributed by atoms with Crippen molar-refractivity contribution in [1.82, 2.24) is 10.2 Å². The van der Waals surface area contributed by atoms with E-state index in [1.54, 1.807) is 0 Å². The van der Waals surface area contributed by atoms with Crippen LogP contribution in [-0.4, -0.2) is 64.1 Å². The normalized spacial score (nSPS) is 17.8. The summed E-state index contributed by atoms with van der Waals surface area (Å²) in [6.07, 6.45) is 2.16. The molecule has 4 nitrogen and oxygen atoms in total. The molecule has 1 aliphatic heterocycles. The number of nitrogens with one attached hydrogen (secondary N) is 1. The highest BCUT2D eigenvalue weighted by Crippen LogP contribution is 1.95. The van der Waals surface area contributed by atoms with Gasteiger partial charge >= 0.3 is 0 Å². The summed E-state index contributed by atoms with van der Waals surface area (Å²) in [6, 6.07) is 0. The van der Waals surface area contributed by atoms with Crippen LogP contribution in [-0.2, 0) is 9.47 Å². The van der Waals surface area contributed by atoms with E-state index in [0.717, 1.165) is 52.4 Å². The summed E-state index contributed by atoms with van der Waals surface area (Å²) in [7, 11) is 0. The summed E-state index contributed by atoms with van der Waals surface area (Å²) in [5.74, 6) is 0. The molecule has 1 aliphatic rings. The standard InChI is InChI=1S/C12H26N2O2/c1-2-15-11-4-12-16-10-3-7-14-8-5-13-6-9-14/h13H,2-12H2,1H3. The number of hydrogen-bond acceptors (Lipinski definition) is 4. The maximum Gasteiger partial charge on any atom is 0.0487 e. The Balaban J connectivity index is 1.77. The van der Waals surface area contributed by atoms with Gasteiger partial charge in [-0.25, -0.2) is 0 Å². The van der Waals surface area contributed by atoms with Crippen LogP contribution in [0.3, 0.4) is 0 Å². The Hall–Kier alpha value is -0.160. The molecule has 0 amide bonds. The number of rotatable bonds is 9. The van der Waals surface area contributed by atoms with E-state index < -0.39 is 0 Å². The lowest BCUT2D eigenvalue weighted by Gasteiger charge is -2.26. The minimum absolute atomic E-state index is 0.809. The lowest BCUT2D eigenvalue weighted by Crippen LogP contribution is -2.43. The number of piperazine rings is 1. The van der Waals surface area contributed by atoms with E-state index in [2.05, 4.69) is 10.2 Å². The molecule has 4 heteroatoms. The number of nitrogens with zero attached hydrogens (tertiary/aromatic N) is 1. The minimum atomic E-state index is 0.809. The summed E-state index contributed by atoms with van der Waals surface area (Å²) >= 11 is 0. The van der Waals surface area contributed by atoms with Crippen LogP contribution in [0.1, 0.15) is 19.8 Å². The summed E-state index contributed by atoms with van der Waals surface area (Å²) in [5.41, 5.74) is 0. The van der Waals surface area contributed by atoms with Crippen molar-refractivity contribution in [3.05, 3.63) is 0 Å². The Morgan fingerprint density at radius 1 is 1.00 bits per heavy atom. The fourth-order valence-electron chi connectivity index (χ4n) is 1.83. The zero-order valence-corrected chi connectivity index (χ0v) is 10.5. The van der Waals surface area contributed by atoms with Crippen LogP contribution in [0, 0.1) is 0 Å². The Kier molecular flexibility index (Phi) is 8.71. The van der Waals surface area contributed by atoms with Crippen LogP contribution < -0.4 is 5.32 Å². The highest BCUT2D eigenvalue weighted by Gasteiger charge is 2.07. The van der Waals surface area contributed by atoms with E-state index in [9.17, 15) is 0 Å². The molecule has 0 spiro atoms. The SMILES string of the molecule is CCOCCCOCCCN1CCNCC1. The van der Waals surface area contributed by atoms with Crippen molar-refractivity contribution in [3.63, 3.8) is 0 Å².